The van der Waals surface area contributed by atoms with Crippen LogP contribution in [-0.4, -0.2) is 4.57 Å². The summed E-state index contributed by atoms with van der Waals surface area (Å²) in [5.41, 5.74) is 0. The predicted octanol–water partition coefficient (Wildman–Crippen LogP) is 11.5. The van der Waals surface area contributed by atoms with Crippen LogP contribution >= 0.6 is 0 Å². The van der Waals surface area contributed by atoms with Gasteiger partial charge < -0.3 is 0 Å². The SMILES string of the molecule is CCCCCCCCCCCCCCc1n(CCCCCCCCCCC)cc[n+]1CCCCCCC. The molecule has 0 spiro atoms. The summed E-state index contributed by atoms with van der Waals surface area (Å²) in [6.45, 7) is 9.38. The summed E-state index contributed by atoms with van der Waals surface area (Å²) in [4.78, 5) is 0. The van der Waals surface area contributed by atoms with E-state index in [1.807, 2.05) is 0 Å². The van der Waals surface area contributed by atoms with Crippen molar-refractivity contribution in [2.75, 3.05) is 0 Å². The third-order valence-corrected chi connectivity index (χ3v) is 8.35. The lowest BCUT2D eigenvalue weighted by Gasteiger charge is -2.07. The van der Waals surface area contributed by atoms with E-state index in [0.29, 0.717) is 0 Å². The van der Waals surface area contributed by atoms with Crippen molar-refractivity contribution in [1.29, 1.82) is 0 Å². The summed E-state index contributed by atoms with van der Waals surface area (Å²) < 4.78 is 5.23. The van der Waals surface area contributed by atoms with E-state index in [4.69, 9.17) is 0 Å². The first-order valence-electron chi connectivity index (χ1n) is 17.4. The molecule has 0 aliphatic heterocycles. The third kappa shape index (κ3) is 19.9. The molecule has 2 nitrogen and oxygen atoms in total. The molecular formula is C35H69N2+. The van der Waals surface area contributed by atoms with E-state index in [9.17, 15) is 0 Å². The number of hydrogen-bond donors (Lipinski definition) is 0. The quantitative estimate of drug-likeness (QED) is 0.0737. The lowest BCUT2D eigenvalue weighted by Crippen LogP contribution is -2.37. The predicted molar refractivity (Wildman–Crippen MR) is 165 cm³/mol. The summed E-state index contributed by atoms with van der Waals surface area (Å²) in [5, 5.41) is 0. The van der Waals surface area contributed by atoms with Crippen molar-refractivity contribution < 1.29 is 4.57 Å². The Kier molecular flexibility index (Phi) is 24.8. The zero-order valence-corrected chi connectivity index (χ0v) is 26.1. The number of aromatic nitrogens is 2. The van der Waals surface area contributed by atoms with Gasteiger partial charge in [-0.05, 0) is 32.1 Å². The monoisotopic (exact) mass is 518 g/mol. The Hall–Kier alpha value is -0.790. The molecule has 1 rings (SSSR count). The Morgan fingerprint density at radius 2 is 0.838 bits per heavy atom. The van der Waals surface area contributed by atoms with Crippen LogP contribution in [0, 0.1) is 0 Å². The molecule has 1 aromatic rings. The largest absolute Gasteiger partial charge is 0.256 e. The van der Waals surface area contributed by atoms with Crippen LogP contribution in [0.4, 0.5) is 0 Å². The van der Waals surface area contributed by atoms with Crippen molar-refractivity contribution in [2.24, 2.45) is 0 Å². The van der Waals surface area contributed by atoms with E-state index in [1.165, 1.54) is 186 Å². The average Bonchev–Trinajstić information content (AvgIpc) is 3.29. The first kappa shape index (κ1) is 34.2. The molecule has 0 aliphatic rings. The van der Waals surface area contributed by atoms with Gasteiger partial charge in [-0.2, -0.15) is 0 Å². The van der Waals surface area contributed by atoms with Gasteiger partial charge in [-0.3, -0.25) is 0 Å². The molecule has 0 N–H and O–H groups in total. The van der Waals surface area contributed by atoms with Crippen LogP contribution in [0.25, 0.3) is 0 Å². The van der Waals surface area contributed by atoms with E-state index in [0.717, 1.165) is 0 Å². The van der Waals surface area contributed by atoms with Crippen LogP contribution in [0.5, 0.6) is 0 Å². The fourth-order valence-corrected chi connectivity index (χ4v) is 5.80. The highest BCUT2D eigenvalue weighted by Gasteiger charge is 2.16. The van der Waals surface area contributed by atoms with Crippen molar-refractivity contribution in [1.82, 2.24) is 4.57 Å². The summed E-state index contributed by atoms with van der Waals surface area (Å²) in [6.07, 6.45) is 42.9. The lowest BCUT2D eigenvalue weighted by molar-refractivity contribution is -0.704. The molecule has 2 heteroatoms. The van der Waals surface area contributed by atoms with Crippen LogP contribution in [0.3, 0.4) is 0 Å². The summed E-state index contributed by atoms with van der Waals surface area (Å²) in [6, 6.07) is 0. The van der Waals surface area contributed by atoms with Crippen molar-refractivity contribution in [3.8, 4) is 0 Å². The van der Waals surface area contributed by atoms with E-state index < -0.39 is 0 Å². The maximum Gasteiger partial charge on any atom is 0.256 e. The minimum atomic E-state index is 1.22. The molecule has 1 aromatic heterocycles. The van der Waals surface area contributed by atoms with E-state index in [1.54, 1.807) is 5.82 Å². The maximum absolute atomic E-state index is 2.62. The second kappa shape index (κ2) is 26.8. The number of rotatable bonds is 29. The molecule has 0 atom stereocenters. The van der Waals surface area contributed by atoms with Crippen LogP contribution in [0.2, 0.25) is 0 Å². The van der Waals surface area contributed by atoms with Crippen LogP contribution in [0.1, 0.15) is 194 Å². The normalized spacial score (nSPS) is 11.5. The van der Waals surface area contributed by atoms with Gasteiger partial charge in [-0.15, -0.1) is 0 Å². The van der Waals surface area contributed by atoms with Gasteiger partial charge in [0.25, 0.3) is 5.82 Å². The summed E-state index contributed by atoms with van der Waals surface area (Å²) in [7, 11) is 0. The highest BCUT2D eigenvalue weighted by molar-refractivity contribution is 4.84. The Morgan fingerprint density at radius 1 is 0.459 bits per heavy atom. The molecule has 0 fully saturated rings. The molecule has 1 heterocycles. The van der Waals surface area contributed by atoms with Gasteiger partial charge in [0.05, 0.1) is 13.1 Å². The second-order valence-corrected chi connectivity index (χ2v) is 12.0. The zero-order valence-electron chi connectivity index (χ0n) is 26.1. The lowest BCUT2D eigenvalue weighted by atomic mass is 10.0. The number of aryl methyl sites for hydroxylation is 2. The maximum atomic E-state index is 2.62. The van der Waals surface area contributed by atoms with Gasteiger partial charge in [0, 0.05) is 6.42 Å². The Balaban J connectivity index is 2.28. The number of nitrogens with zero attached hydrogens (tertiary/aromatic N) is 2. The molecular weight excluding hydrogens is 448 g/mol. The Bertz CT molecular complexity index is 576. The van der Waals surface area contributed by atoms with Crippen molar-refractivity contribution in [2.45, 2.75) is 207 Å². The molecule has 37 heavy (non-hydrogen) atoms. The second-order valence-electron chi connectivity index (χ2n) is 12.0. The molecule has 0 aromatic carbocycles. The molecule has 218 valence electrons. The van der Waals surface area contributed by atoms with Gasteiger partial charge in [-0.25, -0.2) is 9.13 Å². The fraction of sp³-hybridized carbons (Fsp3) is 0.914. The van der Waals surface area contributed by atoms with Gasteiger partial charge in [0.2, 0.25) is 0 Å². The van der Waals surface area contributed by atoms with Crippen molar-refractivity contribution >= 4 is 0 Å². The van der Waals surface area contributed by atoms with Crippen LogP contribution in [-0.2, 0) is 19.5 Å². The van der Waals surface area contributed by atoms with Crippen LogP contribution < -0.4 is 4.57 Å². The minimum Gasteiger partial charge on any atom is -0.234 e. The highest BCUT2D eigenvalue weighted by Crippen LogP contribution is 2.14. The van der Waals surface area contributed by atoms with Gasteiger partial charge >= 0.3 is 0 Å². The molecule has 0 bridgehead atoms. The Labute approximate surface area is 234 Å². The highest BCUT2D eigenvalue weighted by atomic mass is 15.1. The molecule has 0 amide bonds. The molecule has 0 saturated heterocycles. The smallest absolute Gasteiger partial charge is 0.234 e. The summed E-state index contributed by atoms with van der Waals surface area (Å²) in [5.74, 6) is 1.61. The van der Waals surface area contributed by atoms with E-state index in [2.05, 4.69) is 42.3 Å². The third-order valence-electron chi connectivity index (χ3n) is 8.35. The first-order chi connectivity index (χ1) is 18.3. The van der Waals surface area contributed by atoms with E-state index in [-0.39, 0.29) is 0 Å². The topological polar surface area (TPSA) is 8.81 Å². The number of hydrogen-bond acceptors (Lipinski definition) is 0. The molecule has 0 unspecified atom stereocenters. The molecule has 0 radical (unpaired) electrons. The average molecular weight is 518 g/mol. The first-order valence-corrected chi connectivity index (χ1v) is 17.4. The van der Waals surface area contributed by atoms with Crippen molar-refractivity contribution in [3.05, 3.63) is 18.2 Å². The van der Waals surface area contributed by atoms with Gasteiger partial charge in [-0.1, -0.05) is 156 Å². The van der Waals surface area contributed by atoms with E-state index >= 15 is 0 Å². The van der Waals surface area contributed by atoms with Gasteiger partial charge in [0.1, 0.15) is 12.4 Å². The van der Waals surface area contributed by atoms with Crippen molar-refractivity contribution in [3.63, 3.8) is 0 Å². The van der Waals surface area contributed by atoms with Crippen LogP contribution in [0.15, 0.2) is 12.4 Å². The number of unbranched alkanes of at least 4 members (excludes halogenated alkanes) is 23. The molecule has 0 saturated carbocycles. The number of imidazole rings is 1. The van der Waals surface area contributed by atoms with Gasteiger partial charge in [0.15, 0.2) is 0 Å². The fourth-order valence-electron chi connectivity index (χ4n) is 5.80. The zero-order chi connectivity index (χ0) is 26.7. The standard InChI is InChI=1S/C35H69N2/c1-4-7-10-13-15-17-18-19-20-22-24-27-30-35-36(31-28-25-12-9-6-3)33-34-37(35)32-29-26-23-21-16-14-11-8-5-2/h33-34H,4-32H2,1-3H3/q+1. The Morgan fingerprint density at radius 3 is 1.30 bits per heavy atom. The molecule has 0 aliphatic carbocycles. The minimum absolute atomic E-state index is 1.22. The summed E-state index contributed by atoms with van der Waals surface area (Å²) >= 11 is 0.